The van der Waals surface area contributed by atoms with Crippen molar-refractivity contribution < 1.29 is 8.83 Å². The second-order valence-corrected chi connectivity index (χ2v) is 21.7. The Labute approximate surface area is 456 Å². The van der Waals surface area contributed by atoms with Gasteiger partial charge >= 0.3 is 0 Å². The Hall–Kier alpha value is -10.8. The minimum atomic E-state index is 0.213. The minimum absolute atomic E-state index is 0.213. The molecule has 0 radical (unpaired) electrons. The van der Waals surface area contributed by atoms with Crippen molar-refractivity contribution in [3.05, 3.63) is 233 Å². The molecule has 0 atom stereocenters. The van der Waals surface area contributed by atoms with Crippen molar-refractivity contribution in [1.29, 1.82) is 5.26 Å². The molecule has 374 valence electrons. The summed E-state index contributed by atoms with van der Waals surface area (Å²) in [6.07, 6.45) is 0. The minimum Gasteiger partial charge on any atom is -0.456 e. The highest BCUT2D eigenvalue weighted by atomic mass is 16.3. The van der Waals surface area contributed by atoms with Crippen LogP contribution in [0.1, 0.15) is 27.8 Å². The van der Waals surface area contributed by atoms with Crippen LogP contribution in [0.5, 0.6) is 0 Å². The third-order valence-corrected chi connectivity index (χ3v) is 17.0. The Morgan fingerprint density at radius 3 is 1.12 bits per heavy atom. The van der Waals surface area contributed by atoms with Crippen LogP contribution >= 0.6 is 0 Å². The van der Waals surface area contributed by atoms with Crippen LogP contribution in [0.15, 0.2) is 203 Å². The standard InChI is InChI=1S/C72H44N6O2/c1-39-22-28-56-49(34-39)50-35-40(2)23-29-57(50)75(56)71-69(77-54-18-10-6-14-43(54)45-26-32-62-64(67(45)77)47-16-8-12-20-60(47)79-62)53(38-73)66(74-5)70(72(71)76-58-30-24-41(3)36-51(58)52-37-42(4)25-31-59(52)76)78-55-19-11-7-15-44(55)46-27-33-63-65(68(46)78)48-17-9-13-21-61(48)80-63/h6-37H,1-4H3. The molecule has 0 aliphatic carbocycles. The largest absolute Gasteiger partial charge is 0.456 e. The molecule has 0 spiro atoms. The van der Waals surface area contributed by atoms with Crippen LogP contribution < -0.4 is 0 Å². The number of hydrogen-bond acceptors (Lipinski definition) is 3. The van der Waals surface area contributed by atoms with E-state index in [9.17, 15) is 11.8 Å². The first kappa shape index (κ1) is 44.3. The Bertz CT molecular complexity index is 5280. The molecule has 17 rings (SSSR count). The summed E-state index contributed by atoms with van der Waals surface area (Å²) in [6, 6.07) is 71.4. The predicted octanol–water partition coefficient (Wildman–Crippen LogP) is 19.5. The molecular weight excluding hydrogens is 981 g/mol. The smallest absolute Gasteiger partial charge is 0.232 e. The molecule has 0 N–H and O–H groups in total. The SMILES string of the molecule is [C-]#[N+]c1c(C#N)c(-n2c3ccccc3c3ccc4oc5ccccc5c4c32)c(-n2c3ccc(C)cc3c3cc(C)ccc32)c(-n2c3ccc(C)cc3c3cc(C)ccc32)c1-n1c2ccccc2c2ccc3oc4ccccc4c3c21. The lowest BCUT2D eigenvalue weighted by Crippen LogP contribution is -2.15. The van der Waals surface area contributed by atoms with Gasteiger partial charge in [-0.15, -0.1) is 0 Å². The predicted molar refractivity (Wildman–Crippen MR) is 328 cm³/mol. The highest BCUT2D eigenvalue weighted by Crippen LogP contribution is 2.54. The zero-order valence-electron chi connectivity index (χ0n) is 44.0. The third kappa shape index (κ3) is 5.71. The Morgan fingerprint density at radius 1 is 0.350 bits per heavy atom. The summed E-state index contributed by atoms with van der Waals surface area (Å²) >= 11 is 0. The Morgan fingerprint density at radius 2 is 0.713 bits per heavy atom. The monoisotopic (exact) mass is 1020 g/mol. The fourth-order valence-electron chi connectivity index (χ4n) is 13.7. The molecule has 80 heavy (non-hydrogen) atoms. The topological polar surface area (TPSA) is 74.2 Å². The number of aromatic nitrogens is 4. The van der Waals surface area contributed by atoms with Gasteiger partial charge in [-0.05, 0) is 125 Å². The molecule has 0 aliphatic heterocycles. The van der Waals surface area contributed by atoms with Gasteiger partial charge in [-0.3, -0.25) is 0 Å². The first-order valence-electron chi connectivity index (χ1n) is 27.0. The lowest BCUT2D eigenvalue weighted by Gasteiger charge is -2.28. The number of benzene rings is 11. The normalized spacial score (nSPS) is 12.2. The van der Waals surface area contributed by atoms with Crippen LogP contribution in [-0.4, -0.2) is 18.3 Å². The van der Waals surface area contributed by atoms with E-state index in [1.807, 2.05) is 24.3 Å². The lowest BCUT2D eigenvalue weighted by molar-refractivity contribution is 0.669. The molecular formula is C72H44N6O2. The van der Waals surface area contributed by atoms with E-state index in [1.165, 1.54) is 0 Å². The van der Waals surface area contributed by atoms with Gasteiger partial charge in [0.2, 0.25) is 5.69 Å². The van der Waals surface area contributed by atoms with Gasteiger partial charge in [-0.25, -0.2) is 4.85 Å². The maximum Gasteiger partial charge on any atom is 0.232 e. The molecule has 8 nitrogen and oxygen atoms in total. The van der Waals surface area contributed by atoms with Crippen molar-refractivity contribution in [2.24, 2.45) is 0 Å². The van der Waals surface area contributed by atoms with E-state index in [1.54, 1.807) is 0 Å². The molecule has 0 unspecified atom stereocenters. The number of fused-ring (bicyclic) bond motifs is 20. The van der Waals surface area contributed by atoms with Gasteiger partial charge in [0.25, 0.3) is 0 Å². The summed E-state index contributed by atoms with van der Waals surface area (Å²) in [5.74, 6) is 0. The lowest BCUT2D eigenvalue weighted by atomic mass is 10.0. The molecule has 0 saturated carbocycles. The summed E-state index contributed by atoms with van der Waals surface area (Å²) in [5.41, 5.74) is 18.0. The van der Waals surface area contributed by atoms with Crippen molar-refractivity contribution in [2.45, 2.75) is 27.7 Å². The molecule has 11 aromatic carbocycles. The quantitative estimate of drug-likeness (QED) is 0.165. The van der Waals surface area contributed by atoms with E-state index in [0.717, 1.165) is 165 Å². The van der Waals surface area contributed by atoms with Gasteiger partial charge in [0.1, 0.15) is 22.3 Å². The first-order chi connectivity index (χ1) is 39.3. The molecule has 0 aliphatic rings. The fraction of sp³-hybridized carbons (Fsp3) is 0.0556. The van der Waals surface area contributed by atoms with Gasteiger partial charge in [0, 0.05) is 53.9 Å². The van der Waals surface area contributed by atoms with Gasteiger partial charge in [0.15, 0.2) is 0 Å². The molecule has 0 amide bonds. The summed E-state index contributed by atoms with van der Waals surface area (Å²) in [4.78, 5) is 4.73. The van der Waals surface area contributed by atoms with Crippen molar-refractivity contribution in [3.8, 4) is 28.8 Å². The summed E-state index contributed by atoms with van der Waals surface area (Å²) in [6.45, 7) is 18.4. The van der Waals surface area contributed by atoms with E-state index < -0.39 is 0 Å². The van der Waals surface area contributed by atoms with E-state index in [-0.39, 0.29) is 11.3 Å². The van der Waals surface area contributed by atoms with Crippen molar-refractivity contribution >= 4 is 137 Å². The second kappa shape index (κ2) is 15.9. The van der Waals surface area contributed by atoms with Gasteiger partial charge in [-0.2, -0.15) is 5.26 Å². The third-order valence-electron chi connectivity index (χ3n) is 17.0. The summed E-state index contributed by atoms with van der Waals surface area (Å²) < 4.78 is 22.9. The average Bonchev–Trinajstić information content (AvgIpc) is 4.44. The number of hydrogen-bond donors (Lipinski definition) is 0. The van der Waals surface area contributed by atoms with E-state index in [4.69, 9.17) is 13.7 Å². The van der Waals surface area contributed by atoms with Gasteiger partial charge in [0.05, 0.1) is 95.9 Å². The highest BCUT2D eigenvalue weighted by molar-refractivity contribution is 6.27. The van der Waals surface area contributed by atoms with Crippen molar-refractivity contribution in [2.75, 3.05) is 0 Å². The maximum absolute atomic E-state index is 12.6. The number of nitriles is 1. The first-order valence-corrected chi connectivity index (χ1v) is 27.0. The number of aryl methyl sites for hydroxylation is 4. The van der Waals surface area contributed by atoms with Crippen molar-refractivity contribution in [3.63, 3.8) is 0 Å². The Kier molecular flexibility index (Phi) is 8.81. The fourth-order valence-corrected chi connectivity index (χ4v) is 13.7. The number of para-hydroxylation sites is 4. The highest BCUT2D eigenvalue weighted by Gasteiger charge is 2.36. The molecule has 0 saturated heterocycles. The Balaban J connectivity index is 1.24. The molecule has 0 fully saturated rings. The van der Waals surface area contributed by atoms with E-state index >= 15 is 0 Å². The zero-order valence-corrected chi connectivity index (χ0v) is 44.0. The zero-order chi connectivity index (χ0) is 53.4. The number of furan rings is 2. The number of nitrogens with zero attached hydrogens (tertiary/aromatic N) is 6. The van der Waals surface area contributed by atoms with Crippen LogP contribution in [0.3, 0.4) is 0 Å². The second-order valence-electron chi connectivity index (χ2n) is 21.7. The number of rotatable bonds is 4. The molecule has 6 heterocycles. The van der Waals surface area contributed by atoms with Gasteiger partial charge in [-0.1, -0.05) is 119 Å². The van der Waals surface area contributed by atoms with Crippen LogP contribution in [0.4, 0.5) is 5.69 Å². The molecule has 17 aromatic rings. The van der Waals surface area contributed by atoms with Crippen molar-refractivity contribution in [1.82, 2.24) is 18.3 Å². The average molecular weight is 1030 g/mol. The molecule has 0 bridgehead atoms. The maximum atomic E-state index is 12.6. The summed E-state index contributed by atoms with van der Waals surface area (Å²) in [5, 5.41) is 24.7. The van der Waals surface area contributed by atoms with Crippen LogP contribution in [0.25, 0.3) is 159 Å². The van der Waals surface area contributed by atoms with E-state index in [0.29, 0.717) is 11.4 Å². The van der Waals surface area contributed by atoms with Crippen LogP contribution in [-0.2, 0) is 0 Å². The summed E-state index contributed by atoms with van der Waals surface area (Å²) in [7, 11) is 0. The van der Waals surface area contributed by atoms with Crippen LogP contribution in [0.2, 0.25) is 0 Å². The molecule has 8 heteroatoms. The van der Waals surface area contributed by atoms with E-state index in [2.05, 4.69) is 222 Å². The van der Waals surface area contributed by atoms with Crippen LogP contribution in [0, 0.1) is 45.6 Å². The van der Waals surface area contributed by atoms with Gasteiger partial charge < -0.3 is 27.1 Å². The molecule has 6 aromatic heterocycles.